The number of hydrogen-bond donors (Lipinski definition) is 1. The van der Waals surface area contributed by atoms with Gasteiger partial charge in [0.05, 0.1) is 19.3 Å². The lowest BCUT2D eigenvalue weighted by Gasteiger charge is -2.31. The summed E-state index contributed by atoms with van der Waals surface area (Å²) < 4.78 is 6.78. The van der Waals surface area contributed by atoms with E-state index in [9.17, 15) is 0 Å². The zero-order valence-electron chi connectivity index (χ0n) is 9.77. The Labute approximate surface area is 115 Å². The number of thiophene rings is 1. The first-order chi connectivity index (χ1) is 8.29. The molecule has 1 aliphatic heterocycles. The zero-order valence-corrected chi connectivity index (χ0v) is 12.2. The fraction of sp³-hybridized carbons (Fsp3) is 0.667. The largest absolute Gasteiger partial charge is 0.394 e. The maximum atomic E-state index is 8.71. The van der Waals surface area contributed by atoms with E-state index in [1.54, 1.807) is 11.3 Å². The van der Waals surface area contributed by atoms with Gasteiger partial charge in [0.1, 0.15) is 0 Å². The summed E-state index contributed by atoms with van der Waals surface area (Å²) >= 11 is 5.38. The minimum absolute atomic E-state index is 0.127. The number of aliphatic hydroxyl groups excluding tert-OH is 1. The summed E-state index contributed by atoms with van der Waals surface area (Å²) in [6, 6.07) is 2.11. The van der Waals surface area contributed by atoms with Crippen molar-refractivity contribution in [2.75, 3.05) is 26.3 Å². The van der Waals surface area contributed by atoms with Gasteiger partial charge in [-0.25, -0.2) is 0 Å². The Morgan fingerprint density at radius 1 is 1.47 bits per heavy atom. The summed E-state index contributed by atoms with van der Waals surface area (Å²) in [5.74, 6) is 0. The van der Waals surface area contributed by atoms with E-state index >= 15 is 0 Å². The van der Waals surface area contributed by atoms with Crippen LogP contribution in [0.3, 0.4) is 0 Å². The molecular weight excluding hydrogens is 302 g/mol. The predicted molar refractivity (Wildman–Crippen MR) is 73.4 cm³/mol. The molecular formula is C12H18BrNO2S. The molecule has 0 aliphatic carbocycles. The molecule has 1 aliphatic rings. The summed E-state index contributed by atoms with van der Waals surface area (Å²) in [6.45, 7) is 3.80. The van der Waals surface area contributed by atoms with Crippen molar-refractivity contribution in [1.82, 2.24) is 4.90 Å². The average molecular weight is 320 g/mol. The van der Waals surface area contributed by atoms with E-state index in [0.29, 0.717) is 12.7 Å². The van der Waals surface area contributed by atoms with Gasteiger partial charge in [-0.1, -0.05) is 0 Å². The minimum atomic E-state index is 0.127. The average Bonchev–Trinajstić information content (AvgIpc) is 2.74. The highest BCUT2D eigenvalue weighted by molar-refractivity contribution is 9.10. The van der Waals surface area contributed by atoms with Gasteiger partial charge in [0.2, 0.25) is 0 Å². The Morgan fingerprint density at radius 2 is 2.24 bits per heavy atom. The minimum Gasteiger partial charge on any atom is -0.394 e. The van der Waals surface area contributed by atoms with Gasteiger partial charge in [0.15, 0.2) is 0 Å². The fourth-order valence-electron chi connectivity index (χ4n) is 2.09. The van der Waals surface area contributed by atoms with Crippen LogP contribution in [0.5, 0.6) is 0 Å². The first-order valence-corrected chi connectivity index (χ1v) is 7.63. The zero-order chi connectivity index (χ0) is 12.1. The molecule has 1 aromatic heterocycles. The van der Waals surface area contributed by atoms with E-state index in [1.165, 1.54) is 9.35 Å². The second kappa shape index (κ2) is 6.85. The number of ether oxygens (including phenoxy) is 1. The molecule has 1 fully saturated rings. The van der Waals surface area contributed by atoms with E-state index in [-0.39, 0.29) is 6.61 Å². The van der Waals surface area contributed by atoms with Crippen molar-refractivity contribution in [3.05, 3.63) is 20.8 Å². The lowest BCUT2D eigenvalue weighted by Crippen LogP contribution is -2.36. The number of halogens is 1. The molecule has 5 heteroatoms. The Hall–Kier alpha value is 0.0600. The summed E-state index contributed by atoms with van der Waals surface area (Å²) in [6.07, 6.45) is 2.48. The van der Waals surface area contributed by atoms with Crippen LogP contribution in [0.2, 0.25) is 0 Å². The fourth-order valence-corrected chi connectivity index (χ4v) is 3.61. The van der Waals surface area contributed by atoms with Crippen LogP contribution in [0.25, 0.3) is 0 Å². The van der Waals surface area contributed by atoms with Gasteiger partial charge in [0, 0.05) is 29.0 Å². The number of hydrogen-bond acceptors (Lipinski definition) is 4. The number of piperidine rings is 1. The molecule has 0 bridgehead atoms. The molecule has 3 nitrogen and oxygen atoms in total. The third-order valence-corrected chi connectivity index (χ3v) is 4.95. The third kappa shape index (κ3) is 4.03. The third-order valence-electron chi connectivity index (χ3n) is 3.04. The molecule has 1 aromatic rings. The van der Waals surface area contributed by atoms with Gasteiger partial charge < -0.3 is 9.84 Å². The van der Waals surface area contributed by atoms with Crippen molar-refractivity contribution in [2.45, 2.75) is 25.5 Å². The molecule has 0 spiro atoms. The molecule has 0 radical (unpaired) electrons. The molecule has 0 saturated carbocycles. The van der Waals surface area contributed by atoms with Gasteiger partial charge >= 0.3 is 0 Å². The highest BCUT2D eigenvalue weighted by atomic mass is 79.9. The van der Waals surface area contributed by atoms with Crippen molar-refractivity contribution in [2.24, 2.45) is 0 Å². The molecule has 17 heavy (non-hydrogen) atoms. The van der Waals surface area contributed by atoms with Gasteiger partial charge in [0.25, 0.3) is 0 Å². The molecule has 0 aromatic carbocycles. The Balaban J connectivity index is 1.74. The molecule has 0 atom stereocenters. The topological polar surface area (TPSA) is 32.7 Å². The van der Waals surface area contributed by atoms with Crippen molar-refractivity contribution < 1.29 is 9.84 Å². The lowest BCUT2D eigenvalue weighted by molar-refractivity contribution is -0.00888. The molecule has 0 unspecified atom stereocenters. The van der Waals surface area contributed by atoms with E-state index in [1.807, 2.05) is 0 Å². The molecule has 2 heterocycles. The smallest absolute Gasteiger partial charge is 0.0701 e. The van der Waals surface area contributed by atoms with Crippen LogP contribution < -0.4 is 0 Å². The van der Waals surface area contributed by atoms with E-state index in [2.05, 4.69) is 32.3 Å². The van der Waals surface area contributed by atoms with Crippen LogP contribution >= 0.6 is 27.3 Å². The van der Waals surface area contributed by atoms with Crippen LogP contribution in [0.15, 0.2) is 15.9 Å². The summed E-state index contributed by atoms with van der Waals surface area (Å²) in [5, 5.41) is 10.8. The first kappa shape index (κ1) is 13.5. The molecule has 96 valence electrons. The van der Waals surface area contributed by atoms with Gasteiger partial charge in [-0.15, -0.1) is 11.3 Å². The van der Waals surface area contributed by atoms with Crippen LogP contribution in [0, 0.1) is 0 Å². The van der Waals surface area contributed by atoms with Crippen LogP contribution in [-0.4, -0.2) is 42.4 Å². The number of aliphatic hydroxyl groups is 1. The summed E-state index contributed by atoms with van der Waals surface area (Å²) in [5.41, 5.74) is 0. The van der Waals surface area contributed by atoms with E-state index < -0.39 is 0 Å². The number of likely N-dealkylation sites (tertiary alicyclic amines) is 1. The van der Waals surface area contributed by atoms with Gasteiger partial charge in [-0.3, -0.25) is 4.90 Å². The SMILES string of the molecule is OCCOC1CCN(Cc2sccc2Br)CC1. The summed E-state index contributed by atoms with van der Waals surface area (Å²) in [7, 11) is 0. The maximum absolute atomic E-state index is 8.71. The van der Waals surface area contributed by atoms with Crippen LogP contribution in [0.1, 0.15) is 17.7 Å². The van der Waals surface area contributed by atoms with E-state index in [4.69, 9.17) is 9.84 Å². The molecule has 1 saturated heterocycles. The normalized spacial score (nSPS) is 18.7. The molecule has 2 rings (SSSR count). The highest BCUT2D eigenvalue weighted by Gasteiger charge is 2.20. The standard InChI is InChI=1S/C12H18BrNO2S/c13-11-3-8-17-12(11)9-14-4-1-10(2-5-14)16-7-6-15/h3,8,10,15H,1-2,4-7,9H2. The Morgan fingerprint density at radius 3 is 2.82 bits per heavy atom. The van der Waals surface area contributed by atoms with Crippen LogP contribution in [0.4, 0.5) is 0 Å². The maximum Gasteiger partial charge on any atom is 0.0701 e. The van der Waals surface area contributed by atoms with Crippen molar-refractivity contribution in [3.63, 3.8) is 0 Å². The second-order valence-electron chi connectivity index (χ2n) is 4.26. The monoisotopic (exact) mass is 319 g/mol. The predicted octanol–water partition coefficient (Wildman–Crippen LogP) is 2.48. The lowest BCUT2D eigenvalue weighted by atomic mass is 10.1. The van der Waals surface area contributed by atoms with Crippen LogP contribution in [-0.2, 0) is 11.3 Å². The quantitative estimate of drug-likeness (QED) is 0.905. The highest BCUT2D eigenvalue weighted by Crippen LogP contribution is 2.25. The second-order valence-corrected chi connectivity index (χ2v) is 6.12. The Kier molecular flexibility index (Phi) is 5.44. The molecule has 0 amide bonds. The summed E-state index contributed by atoms with van der Waals surface area (Å²) in [4.78, 5) is 3.87. The van der Waals surface area contributed by atoms with Crippen molar-refractivity contribution >= 4 is 27.3 Å². The van der Waals surface area contributed by atoms with E-state index in [0.717, 1.165) is 32.5 Å². The molecule has 1 N–H and O–H groups in total. The first-order valence-electron chi connectivity index (χ1n) is 5.96. The number of rotatable bonds is 5. The van der Waals surface area contributed by atoms with Crippen molar-refractivity contribution in [3.8, 4) is 0 Å². The van der Waals surface area contributed by atoms with Gasteiger partial charge in [-0.2, -0.15) is 0 Å². The number of nitrogens with zero attached hydrogens (tertiary/aromatic N) is 1. The van der Waals surface area contributed by atoms with Gasteiger partial charge in [-0.05, 0) is 40.2 Å². The van der Waals surface area contributed by atoms with Crippen molar-refractivity contribution in [1.29, 1.82) is 0 Å². The Bertz CT molecular complexity index is 337.